The van der Waals surface area contributed by atoms with Crippen molar-refractivity contribution in [2.75, 3.05) is 12.0 Å². The van der Waals surface area contributed by atoms with Crippen molar-refractivity contribution in [3.8, 4) is 0 Å². The van der Waals surface area contributed by atoms with Crippen LogP contribution in [0.5, 0.6) is 0 Å². The van der Waals surface area contributed by atoms with E-state index in [4.69, 9.17) is 0 Å². The van der Waals surface area contributed by atoms with Gasteiger partial charge in [0.1, 0.15) is 18.6 Å². The predicted octanol–water partition coefficient (Wildman–Crippen LogP) is 0.543. The maximum absolute atomic E-state index is 12.7. The van der Waals surface area contributed by atoms with Gasteiger partial charge in [0, 0.05) is 0 Å². The molecule has 3 atom stereocenters. The molecule has 11 heteroatoms. The quantitative estimate of drug-likeness (QED) is 0.379. The minimum absolute atomic E-state index is 0.258. The molecule has 0 saturated carbocycles. The first-order chi connectivity index (χ1) is 15.2. The Bertz CT molecular complexity index is 1100. The monoisotopic (exact) mass is 464 g/mol. The number of para-hydroxylation sites is 1. The van der Waals surface area contributed by atoms with E-state index in [1.807, 2.05) is 13.2 Å². The third-order valence-corrected chi connectivity index (χ3v) is 5.87. The van der Waals surface area contributed by atoms with Crippen molar-refractivity contribution in [2.45, 2.75) is 45.3 Å². The van der Waals surface area contributed by atoms with Gasteiger partial charge in [-0.15, -0.1) is 0 Å². The molecule has 32 heavy (non-hydrogen) atoms. The van der Waals surface area contributed by atoms with Gasteiger partial charge in [-0.05, 0) is 36.5 Å². The summed E-state index contributed by atoms with van der Waals surface area (Å²) < 4.78 is 0.764. The number of nitrogens with one attached hydrogen (secondary N) is 3. The topological polar surface area (TPSA) is 150 Å². The largest absolute Gasteiger partial charge is 0.480 e. The lowest BCUT2D eigenvalue weighted by molar-refractivity contribution is -0.143. The molecule has 0 unspecified atom stereocenters. The van der Waals surface area contributed by atoms with Crippen LogP contribution in [0, 0.1) is 5.92 Å². The fraction of sp³-hybridized carbons (Fsp3) is 0.476. The molecule has 0 spiro atoms. The number of amides is 2. The Morgan fingerprint density at radius 1 is 1.19 bits per heavy atom. The molecule has 1 aromatic heterocycles. The van der Waals surface area contributed by atoms with E-state index in [-0.39, 0.29) is 17.7 Å². The van der Waals surface area contributed by atoms with Crippen LogP contribution in [0.1, 0.15) is 26.7 Å². The molecule has 1 heterocycles. The standard InChI is InChI=1S/C21H28N4O6S/c1-4-12(2)17(20(29)30)24-18(27)15(9-10-32-3)22-16(26)11-25-19(28)13-7-5-6-8-14(13)23-21(25)31/h5-8,12,15,17H,4,9-11H2,1-3H3,(H,22,26)(H,23,31)(H,24,27)(H,29,30)/t12-,15-,17-/m0/s1. The van der Waals surface area contributed by atoms with Gasteiger partial charge in [0.25, 0.3) is 5.56 Å². The summed E-state index contributed by atoms with van der Waals surface area (Å²) in [7, 11) is 0. The molecular formula is C21H28N4O6S. The van der Waals surface area contributed by atoms with Crippen LogP contribution in [-0.4, -0.2) is 56.5 Å². The summed E-state index contributed by atoms with van der Waals surface area (Å²) in [5.41, 5.74) is -0.995. The van der Waals surface area contributed by atoms with Gasteiger partial charge in [0.05, 0.1) is 10.9 Å². The van der Waals surface area contributed by atoms with E-state index in [0.29, 0.717) is 17.7 Å². The first kappa shape index (κ1) is 25.2. The normalized spacial score (nSPS) is 13.8. The fourth-order valence-corrected chi connectivity index (χ4v) is 3.64. The lowest BCUT2D eigenvalue weighted by Gasteiger charge is -2.24. The van der Waals surface area contributed by atoms with Gasteiger partial charge in [-0.1, -0.05) is 32.4 Å². The molecule has 0 fully saturated rings. The lowest BCUT2D eigenvalue weighted by Crippen LogP contribution is -2.54. The number of fused-ring (bicyclic) bond motifs is 1. The number of benzene rings is 1. The Hall–Kier alpha value is -3.08. The maximum Gasteiger partial charge on any atom is 0.329 e. The van der Waals surface area contributed by atoms with Gasteiger partial charge >= 0.3 is 11.7 Å². The summed E-state index contributed by atoms with van der Waals surface area (Å²) in [6, 6.07) is 4.35. The highest BCUT2D eigenvalue weighted by Gasteiger charge is 2.29. The Balaban J connectivity index is 2.20. The maximum atomic E-state index is 12.7. The number of carboxylic acids is 1. The molecule has 1 aromatic carbocycles. The van der Waals surface area contributed by atoms with Crippen molar-refractivity contribution in [2.24, 2.45) is 5.92 Å². The van der Waals surface area contributed by atoms with Crippen LogP contribution in [-0.2, 0) is 20.9 Å². The van der Waals surface area contributed by atoms with Crippen LogP contribution in [0.2, 0.25) is 0 Å². The summed E-state index contributed by atoms with van der Waals surface area (Å²) >= 11 is 1.46. The molecule has 2 rings (SSSR count). The van der Waals surface area contributed by atoms with Crippen molar-refractivity contribution < 1.29 is 19.5 Å². The van der Waals surface area contributed by atoms with Gasteiger partial charge in [0.15, 0.2) is 0 Å². The Morgan fingerprint density at radius 3 is 2.50 bits per heavy atom. The first-order valence-corrected chi connectivity index (χ1v) is 11.6. The number of carbonyl (C=O) groups is 3. The van der Waals surface area contributed by atoms with Crippen LogP contribution in [0.15, 0.2) is 33.9 Å². The van der Waals surface area contributed by atoms with Crippen molar-refractivity contribution in [1.29, 1.82) is 0 Å². The second-order valence-corrected chi connectivity index (χ2v) is 8.46. The molecular weight excluding hydrogens is 436 g/mol. The number of H-pyrrole nitrogens is 1. The van der Waals surface area contributed by atoms with Gasteiger partial charge in [-0.2, -0.15) is 11.8 Å². The molecule has 0 radical (unpaired) electrons. The number of aromatic nitrogens is 2. The van der Waals surface area contributed by atoms with E-state index < -0.39 is 47.7 Å². The van der Waals surface area contributed by atoms with Crippen molar-refractivity contribution in [1.82, 2.24) is 20.2 Å². The zero-order valence-corrected chi connectivity index (χ0v) is 19.0. The van der Waals surface area contributed by atoms with Crippen LogP contribution >= 0.6 is 11.8 Å². The number of hydrogen-bond donors (Lipinski definition) is 4. The lowest BCUT2D eigenvalue weighted by atomic mass is 9.99. The summed E-state index contributed by atoms with van der Waals surface area (Å²) in [4.78, 5) is 64.4. The Morgan fingerprint density at radius 2 is 1.88 bits per heavy atom. The number of hydrogen-bond acceptors (Lipinski definition) is 6. The van der Waals surface area contributed by atoms with E-state index >= 15 is 0 Å². The molecule has 0 bridgehead atoms. The average Bonchev–Trinajstić information content (AvgIpc) is 2.76. The highest BCUT2D eigenvalue weighted by atomic mass is 32.2. The van der Waals surface area contributed by atoms with Gasteiger partial charge in [0.2, 0.25) is 11.8 Å². The highest BCUT2D eigenvalue weighted by Crippen LogP contribution is 2.09. The number of aliphatic carboxylic acids is 1. The predicted molar refractivity (Wildman–Crippen MR) is 123 cm³/mol. The van der Waals surface area contributed by atoms with E-state index in [0.717, 1.165) is 4.57 Å². The number of rotatable bonds is 11. The van der Waals surface area contributed by atoms with Crippen molar-refractivity contribution in [3.63, 3.8) is 0 Å². The third-order valence-electron chi connectivity index (χ3n) is 5.23. The first-order valence-electron chi connectivity index (χ1n) is 10.2. The summed E-state index contributed by atoms with van der Waals surface area (Å²) in [5.74, 6) is -2.25. The second kappa shape index (κ2) is 11.5. The zero-order valence-electron chi connectivity index (χ0n) is 18.2. The number of aromatic amines is 1. The SMILES string of the molecule is CC[C@H](C)[C@H](NC(=O)[C@H](CCSC)NC(=O)Cn1c(=O)[nH]c2ccccc2c1=O)C(=O)O. The molecule has 174 valence electrons. The number of carboxylic acid groups (broad SMARTS) is 1. The summed E-state index contributed by atoms with van der Waals surface area (Å²) in [6.07, 6.45) is 2.64. The Labute approximate surface area is 188 Å². The van der Waals surface area contributed by atoms with Gasteiger partial charge in [-0.3, -0.25) is 19.0 Å². The minimum Gasteiger partial charge on any atom is -0.480 e. The zero-order chi connectivity index (χ0) is 23.8. The minimum atomic E-state index is -1.16. The van der Waals surface area contributed by atoms with Crippen LogP contribution in [0.25, 0.3) is 10.9 Å². The van der Waals surface area contributed by atoms with Crippen molar-refractivity contribution in [3.05, 3.63) is 45.1 Å². The molecule has 0 saturated heterocycles. The molecule has 10 nitrogen and oxygen atoms in total. The molecule has 4 N–H and O–H groups in total. The molecule has 2 aromatic rings. The smallest absolute Gasteiger partial charge is 0.329 e. The second-order valence-electron chi connectivity index (χ2n) is 7.48. The van der Waals surface area contributed by atoms with Crippen molar-refractivity contribution >= 4 is 40.4 Å². The molecule has 0 aliphatic heterocycles. The summed E-state index contributed by atoms with van der Waals surface area (Å²) in [6.45, 7) is 2.96. The van der Waals surface area contributed by atoms with Crippen LogP contribution in [0.3, 0.4) is 0 Å². The van der Waals surface area contributed by atoms with Gasteiger partial charge in [-0.25, -0.2) is 9.59 Å². The summed E-state index contributed by atoms with van der Waals surface area (Å²) in [5, 5.41) is 14.7. The number of nitrogens with zero attached hydrogens (tertiary/aromatic N) is 1. The van der Waals surface area contributed by atoms with E-state index in [1.165, 1.54) is 17.8 Å². The van der Waals surface area contributed by atoms with Crippen LogP contribution < -0.4 is 21.9 Å². The van der Waals surface area contributed by atoms with E-state index in [2.05, 4.69) is 15.6 Å². The van der Waals surface area contributed by atoms with E-state index in [9.17, 15) is 29.1 Å². The molecule has 0 aliphatic rings. The fourth-order valence-electron chi connectivity index (χ4n) is 3.17. The van der Waals surface area contributed by atoms with E-state index in [1.54, 1.807) is 25.1 Å². The van der Waals surface area contributed by atoms with Crippen LogP contribution in [0.4, 0.5) is 0 Å². The highest BCUT2D eigenvalue weighted by molar-refractivity contribution is 7.98. The molecule has 0 aliphatic carbocycles. The third kappa shape index (κ3) is 6.22. The average molecular weight is 465 g/mol. The molecule has 2 amide bonds. The number of thioether (sulfide) groups is 1. The Kier molecular flexibility index (Phi) is 9.06. The number of carbonyl (C=O) groups excluding carboxylic acids is 2. The van der Waals surface area contributed by atoms with Gasteiger partial charge < -0.3 is 20.7 Å².